The predicted octanol–water partition coefficient (Wildman–Crippen LogP) is 14.2. The van der Waals surface area contributed by atoms with E-state index in [-0.39, 0.29) is 0 Å². The van der Waals surface area contributed by atoms with E-state index in [1.807, 2.05) is 104 Å². The van der Waals surface area contributed by atoms with Gasteiger partial charge in [0.15, 0.2) is 34.9 Å². The fourth-order valence-electron chi connectivity index (χ4n) is 8.47. The molecule has 0 spiro atoms. The average Bonchev–Trinajstić information content (AvgIpc) is 3.39. The zero-order valence-corrected chi connectivity index (χ0v) is 36.3. The Morgan fingerprint density at radius 2 is 0.652 bits per heavy atom. The second-order valence-electron chi connectivity index (χ2n) is 16.3. The van der Waals surface area contributed by atoms with Crippen LogP contribution in [0.25, 0.3) is 112 Å². The van der Waals surface area contributed by atoms with Gasteiger partial charge in [0.2, 0.25) is 0 Å². The second-order valence-corrected chi connectivity index (χ2v) is 16.3. The molecule has 312 valence electrons. The molecule has 66 heavy (non-hydrogen) atoms. The van der Waals surface area contributed by atoms with Crippen molar-refractivity contribution >= 4 is 10.8 Å². The van der Waals surface area contributed by atoms with E-state index in [1.54, 1.807) is 0 Å². The van der Waals surface area contributed by atoms with Crippen molar-refractivity contribution in [3.63, 3.8) is 0 Å². The van der Waals surface area contributed by atoms with Crippen LogP contribution in [0.1, 0.15) is 11.4 Å². The quantitative estimate of drug-likeness (QED) is 0.143. The summed E-state index contributed by atoms with van der Waals surface area (Å²) in [5.74, 6) is 3.63. The monoisotopic (exact) mass is 847 g/mol. The SMILES string of the molecule is Cc1ccc(-c2cc(-c3cccc(-c4nc(-c5ccccc5)nc(-c5ccccc5)n4)c3)cc(-c3ccccc3-c3nc(-c4ccccc4)nc(-c4ccc5ccccc5c4)n3)c2)c(C)n1. The molecule has 3 aromatic heterocycles. The van der Waals surface area contributed by atoms with Crippen molar-refractivity contribution in [3.8, 4) is 102 Å². The average molecular weight is 848 g/mol. The molecule has 0 aliphatic carbocycles. The molecule has 7 nitrogen and oxygen atoms in total. The van der Waals surface area contributed by atoms with E-state index in [9.17, 15) is 0 Å². The van der Waals surface area contributed by atoms with Gasteiger partial charge in [-0.2, -0.15) is 0 Å². The Morgan fingerprint density at radius 3 is 1.24 bits per heavy atom. The minimum Gasteiger partial charge on any atom is -0.258 e. The molecule has 0 fully saturated rings. The molecule has 0 bridgehead atoms. The fraction of sp³-hybridized carbons (Fsp3) is 0.0339. The van der Waals surface area contributed by atoms with Crippen molar-refractivity contribution < 1.29 is 0 Å². The van der Waals surface area contributed by atoms with Crippen LogP contribution in [0.2, 0.25) is 0 Å². The molecule has 0 saturated heterocycles. The van der Waals surface area contributed by atoms with E-state index in [0.717, 1.165) is 88.9 Å². The van der Waals surface area contributed by atoms with Gasteiger partial charge in [0, 0.05) is 50.3 Å². The van der Waals surface area contributed by atoms with Gasteiger partial charge in [-0.1, -0.05) is 176 Å². The third-order valence-corrected chi connectivity index (χ3v) is 11.8. The summed E-state index contributed by atoms with van der Waals surface area (Å²) in [5, 5.41) is 2.28. The zero-order chi connectivity index (χ0) is 44.4. The van der Waals surface area contributed by atoms with Gasteiger partial charge in [0.1, 0.15) is 0 Å². The highest BCUT2D eigenvalue weighted by atomic mass is 15.0. The van der Waals surface area contributed by atoms with E-state index in [2.05, 4.69) is 122 Å². The largest absolute Gasteiger partial charge is 0.258 e. The Balaban J connectivity index is 1.08. The van der Waals surface area contributed by atoms with Crippen molar-refractivity contribution in [1.82, 2.24) is 34.9 Å². The molecule has 0 aliphatic rings. The number of benzene rings is 8. The standard InChI is InChI=1S/C59H41N7/c1-38-29-32-51(39(2)60-38)49-35-48(45-25-16-26-46(34-45)57-62-54(41-18-6-3-7-19-41)61-55(63-57)42-20-8-4-9-21-42)36-50(37-49)52-27-14-15-28-53(52)59-65-56(43-22-10-5-11-23-43)64-58(66-59)47-31-30-40-17-12-13-24-44(40)33-47/h3-37H,1-2H3. The lowest BCUT2D eigenvalue weighted by Crippen LogP contribution is -2.01. The molecule has 0 atom stereocenters. The number of nitrogens with zero attached hydrogens (tertiary/aromatic N) is 7. The molecule has 0 saturated carbocycles. The number of aromatic nitrogens is 7. The lowest BCUT2D eigenvalue weighted by atomic mass is 9.90. The molecule has 0 amide bonds. The zero-order valence-electron chi connectivity index (χ0n) is 36.3. The summed E-state index contributed by atoms with van der Waals surface area (Å²) in [5.41, 5.74) is 13.5. The van der Waals surface area contributed by atoms with Crippen LogP contribution in [0.4, 0.5) is 0 Å². The fourth-order valence-corrected chi connectivity index (χ4v) is 8.47. The minimum absolute atomic E-state index is 0.586. The highest BCUT2D eigenvalue weighted by Crippen LogP contribution is 2.39. The van der Waals surface area contributed by atoms with Gasteiger partial charge in [-0.15, -0.1) is 0 Å². The predicted molar refractivity (Wildman–Crippen MR) is 267 cm³/mol. The molecule has 11 rings (SSSR count). The summed E-state index contributed by atoms with van der Waals surface area (Å²) in [4.78, 5) is 35.4. The maximum atomic E-state index is 5.23. The number of aryl methyl sites for hydroxylation is 2. The van der Waals surface area contributed by atoms with Gasteiger partial charge < -0.3 is 0 Å². The van der Waals surface area contributed by atoms with Crippen molar-refractivity contribution in [3.05, 3.63) is 224 Å². The van der Waals surface area contributed by atoms with Crippen LogP contribution in [0.3, 0.4) is 0 Å². The lowest BCUT2D eigenvalue weighted by Gasteiger charge is -2.16. The Labute approximate surface area is 383 Å². The minimum atomic E-state index is 0.586. The summed E-state index contributed by atoms with van der Waals surface area (Å²) >= 11 is 0. The number of pyridine rings is 1. The van der Waals surface area contributed by atoms with Gasteiger partial charge >= 0.3 is 0 Å². The summed E-state index contributed by atoms with van der Waals surface area (Å²) in [6.07, 6.45) is 0. The summed E-state index contributed by atoms with van der Waals surface area (Å²) < 4.78 is 0. The van der Waals surface area contributed by atoms with Crippen molar-refractivity contribution in [2.45, 2.75) is 13.8 Å². The third-order valence-electron chi connectivity index (χ3n) is 11.8. The first-order valence-electron chi connectivity index (χ1n) is 22.0. The van der Waals surface area contributed by atoms with Crippen molar-refractivity contribution in [2.24, 2.45) is 0 Å². The van der Waals surface area contributed by atoms with Gasteiger partial charge in [0.05, 0.1) is 0 Å². The van der Waals surface area contributed by atoms with Crippen LogP contribution in [0.5, 0.6) is 0 Å². The maximum Gasteiger partial charge on any atom is 0.164 e. The Kier molecular flexibility index (Phi) is 10.5. The van der Waals surface area contributed by atoms with Crippen molar-refractivity contribution in [2.75, 3.05) is 0 Å². The van der Waals surface area contributed by atoms with E-state index in [1.165, 1.54) is 0 Å². The highest BCUT2D eigenvalue weighted by molar-refractivity contribution is 5.90. The van der Waals surface area contributed by atoms with E-state index in [0.29, 0.717) is 34.9 Å². The molecule has 11 aromatic rings. The molecule has 0 N–H and O–H groups in total. The molecule has 0 radical (unpaired) electrons. The summed E-state index contributed by atoms with van der Waals surface area (Å²) in [7, 11) is 0. The highest BCUT2D eigenvalue weighted by Gasteiger charge is 2.19. The van der Waals surface area contributed by atoms with Crippen LogP contribution in [-0.4, -0.2) is 34.9 Å². The molecular weight excluding hydrogens is 807 g/mol. The topological polar surface area (TPSA) is 90.2 Å². The number of hydrogen-bond acceptors (Lipinski definition) is 7. The molecule has 0 unspecified atom stereocenters. The smallest absolute Gasteiger partial charge is 0.164 e. The van der Waals surface area contributed by atoms with Crippen LogP contribution in [-0.2, 0) is 0 Å². The number of hydrogen-bond donors (Lipinski definition) is 0. The Morgan fingerprint density at radius 1 is 0.227 bits per heavy atom. The molecular formula is C59H41N7. The van der Waals surface area contributed by atoms with Crippen LogP contribution in [0.15, 0.2) is 212 Å². The maximum absolute atomic E-state index is 5.23. The summed E-state index contributed by atoms with van der Waals surface area (Å²) in [6.45, 7) is 4.10. The van der Waals surface area contributed by atoms with E-state index < -0.39 is 0 Å². The Bertz CT molecular complexity index is 3500. The first kappa shape index (κ1) is 40.0. The number of fused-ring (bicyclic) bond motifs is 1. The third kappa shape index (κ3) is 8.13. The van der Waals surface area contributed by atoms with Gasteiger partial charge in [-0.25, -0.2) is 29.9 Å². The van der Waals surface area contributed by atoms with E-state index >= 15 is 0 Å². The first-order chi connectivity index (χ1) is 32.5. The molecule has 3 heterocycles. The first-order valence-corrected chi connectivity index (χ1v) is 22.0. The molecule has 7 heteroatoms. The van der Waals surface area contributed by atoms with Gasteiger partial charge in [-0.3, -0.25) is 4.98 Å². The van der Waals surface area contributed by atoms with Gasteiger partial charge in [0.25, 0.3) is 0 Å². The molecule has 8 aromatic carbocycles. The number of rotatable bonds is 9. The van der Waals surface area contributed by atoms with Crippen molar-refractivity contribution in [1.29, 1.82) is 0 Å². The van der Waals surface area contributed by atoms with E-state index in [4.69, 9.17) is 34.9 Å². The van der Waals surface area contributed by atoms with Crippen LogP contribution in [0, 0.1) is 13.8 Å². The Hall–Kier alpha value is -8.81. The second kappa shape index (κ2) is 17.4. The van der Waals surface area contributed by atoms with Crippen LogP contribution < -0.4 is 0 Å². The van der Waals surface area contributed by atoms with Crippen LogP contribution >= 0.6 is 0 Å². The van der Waals surface area contributed by atoms with Gasteiger partial charge in [-0.05, 0) is 88.8 Å². The lowest BCUT2D eigenvalue weighted by molar-refractivity contribution is 1.07. The summed E-state index contributed by atoms with van der Waals surface area (Å²) in [6, 6.07) is 72.7. The molecule has 0 aliphatic heterocycles. The normalized spacial score (nSPS) is 11.2.